The van der Waals surface area contributed by atoms with Crippen LogP contribution in [0.2, 0.25) is 0 Å². The average Bonchev–Trinajstić information content (AvgIpc) is 2.80. The minimum atomic E-state index is -1.11. The number of hydrogen-bond donors (Lipinski definition) is 2. The van der Waals surface area contributed by atoms with Crippen molar-refractivity contribution in [1.82, 2.24) is 10.6 Å². The summed E-state index contributed by atoms with van der Waals surface area (Å²) >= 11 is 0. The maximum atomic E-state index is 13.3. The number of carbonyl (C=O) groups excluding carboxylic acids is 3. The van der Waals surface area contributed by atoms with Crippen molar-refractivity contribution in [3.05, 3.63) is 77.4 Å². The fraction of sp³-hybridized carbons (Fsp3) is 0.240. The van der Waals surface area contributed by atoms with Crippen LogP contribution < -0.4 is 15.4 Å². The average molecular weight is 470 g/mol. The summed E-state index contributed by atoms with van der Waals surface area (Å²) in [6.07, 6.45) is -0.319. The van der Waals surface area contributed by atoms with Gasteiger partial charge in [0.2, 0.25) is 11.8 Å². The van der Waals surface area contributed by atoms with Crippen molar-refractivity contribution in [2.45, 2.75) is 25.4 Å². The van der Waals surface area contributed by atoms with E-state index in [0.29, 0.717) is 17.4 Å². The number of fused-ring (bicyclic) bond motifs is 1. The second-order valence-corrected chi connectivity index (χ2v) is 7.68. The van der Waals surface area contributed by atoms with Gasteiger partial charge in [-0.25, -0.2) is 13.6 Å². The van der Waals surface area contributed by atoms with Gasteiger partial charge in [-0.15, -0.1) is 0 Å². The Hall–Kier alpha value is -4.01. The number of ether oxygens (including phenoxy) is 2. The van der Waals surface area contributed by atoms with Crippen LogP contribution in [0.1, 0.15) is 24.1 Å². The minimum Gasteiger partial charge on any atom is -0.497 e. The van der Waals surface area contributed by atoms with Crippen molar-refractivity contribution < 1.29 is 32.6 Å². The van der Waals surface area contributed by atoms with Gasteiger partial charge in [0.15, 0.2) is 6.04 Å². The Morgan fingerprint density at radius 3 is 2.18 bits per heavy atom. The second kappa shape index (κ2) is 10.7. The molecule has 7 nitrogen and oxygen atoms in total. The zero-order chi connectivity index (χ0) is 24.8. The highest BCUT2D eigenvalue weighted by Gasteiger charge is 2.27. The summed E-state index contributed by atoms with van der Waals surface area (Å²) < 4.78 is 36.7. The zero-order valence-corrected chi connectivity index (χ0v) is 18.9. The fourth-order valence-electron chi connectivity index (χ4n) is 3.47. The summed E-state index contributed by atoms with van der Waals surface area (Å²) in [5.74, 6) is -2.85. The predicted octanol–water partition coefficient (Wildman–Crippen LogP) is 3.20. The summed E-state index contributed by atoms with van der Waals surface area (Å²) in [6, 6.07) is 11.3. The van der Waals surface area contributed by atoms with Gasteiger partial charge in [0.05, 0.1) is 20.6 Å². The maximum absolute atomic E-state index is 13.3. The summed E-state index contributed by atoms with van der Waals surface area (Å²) in [4.78, 5) is 37.4. The lowest BCUT2D eigenvalue weighted by Crippen LogP contribution is -2.47. The van der Waals surface area contributed by atoms with Gasteiger partial charge in [0.1, 0.15) is 23.4 Å². The summed E-state index contributed by atoms with van der Waals surface area (Å²) in [7, 11) is 2.77. The van der Waals surface area contributed by atoms with Crippen LogP contribution in [0.5, 0.6) is 5.75 Å². The van der Waals surface area contributed by atoms with Crippen LogP contribution in [0, 0.1) is 11.6 Å². The molecule has 0 fully saturated rings. The van der Waals surface area contributed by atoms with Crippen LogP contribution in [0.25, 0.3) is 10.8 Å². The van der Waals surface area contributed by atoms with Crippen LogP contribution in [0.4, 0.5) is 8.78 Å². The first-order chi connectivity index (χ1) is 16.2. The largest absolute Gasteiger partial charge is 0.497 e. The normalized spacial score (nSPS) is 12.5. The van der Waals surface area contributed by atoms with E-state index in [-0.39, 0.29) is 12.0 Å². The molecule has 0 aliphatic rings. The predicted molar refractivity (Wildman–Crippen MR) is 121 cm³/mol. The van der Waals surface area contributed by atoms with Gasteiger partial charge in [0.25, 0.3) is 0 Å². The molecule has 2 atom stereocenters. The van der Waals surface area contributed by atoms with Gasteiger partial charge in [-0.1, -0.05) is 18.2 Å². The van der Waals surface area contributed by atoms with E-state index >= 15 is 0 Å². The Kier molecular flexibility index (Phi) is 7.78. The highest BCUT2D eigenvalue weighted by atomic mass is 19.1. The number of hydrogen-bond acceptors (Lipinski definition) is 5. The Morgan fingerprint density at radius 2 is 1.53 bits per heavy atom. The summed E-state index contributed by atoms with van der Waals surface area (Å²) in [5.41, 5.74) is 0.620. The van der Waals surface area contributed by atoms with E-state index in [1.54, 1.807) is 31.4 Å². The molecule has 0 aliphatic heterocycles. The Balaban J connectivity index is 1.71. The Labute approximate surface area is 195 Å². The van der Waals surface area contributed by atoms with E-state index in [2.05, 4.69) is 10.6 Å². The quantitative estimate of drug-likeness (QED) is 0.493. The molecule has 9 heteroatoms. The van der Waals surface area contributed by atoms with Crippen LogP contribution in [-0.2, 0) is 25.5 Å². The van der Waals surface area contributed by atoms with Crippen LogP contribution in [0.15, 0.2) is 54.6 Å². The van der Waals surface area contributed by atoms with Gasteiger partial charge in [-0.3, -0.25) is 9.59 Å². The van der Waals surface area contributed by atoms with Crippen molar-refractivity contribution in [1.29, 1.82) is 0 Å². The number of esters is 1. The van der Waals surface area contributed by atoms with Crippen molar-refractivity contribution in [3.63, 3.8) is 0 Å². The van der Waals surface area contributed by atoms with Crippen LogP contribution in [-0.4, -0.2) is 38.0 Å². The molecule has 0 saturated carbocycles. The van der Waals surface area contributed by atoms with E-state index in [1.807, 2.05) is 12.1 Å². The van der Waals surface area contributed by atoms with E-state index < -0.39 is 41.5 Å². The summed E-state index contributed by atoms with van der Waals surface area (Å²) in [5, 5.41) is 6.75. The first-order valence-corrected chi connectivity index (χ1v) is 10.4. The highest BCUT2D eigenvalue weighted by Crippen LogP contribution is 2.25. The van der Waals surface area contributed by atoms with E-state index in [1.165, 1.54) is 14.0 Å². The lowest BCUT2D eigenvalue weighted by atomic mass is 10.0. The number of carbonyl (C=O) groups is 3. The summed E-state index contributed by atoms with van der Waals surface area (Å²) in [6.45, 7) is 1.43. The number of amides is 2. The molecule has 0 aliphatic carbocycles. The minimum absolute atomic E-state index is 0.128. The molecular formula is C25H24F2N2O5. The molecule has 3 rings (SSSR count). The Morgan fingerprint density at radius 1 is 0.882 bits per heavy atom. The molecule has 34 heavy (non-hydrogen) atoms. The zero-order valence-electron chi connectivity index (χ0n) is 18.9. The Bertz CT molecular complexity index is 1210. The van der Waals surface area contributed by atoms with Crippen molar-refractivity contribution >= 4 is 28.6 Å². The fourth-order valence-corrected chi connectivity index (χ4v) is 3.47. The molecular weight excluding hydrogens is 446 g/mol. The first kappa shape index (κ1) is 24.6. The van der Waals surface area contributed by atoms with Crippen LogP contribution in [0.3, 0.4) is 0 Å². The molecule has 0 bridgehead atoms. The molecule has 3 aromatic carbocycles. The maximum Gasteiger partial charge on any atom is 0.333 e. The van der Waals surface area contributed by atoms with Crippen molar-refractivity contribution in [2.24, 2.45) is 0 Å². The van der Waals surface area contributed by atoms with Crippen molar-refractivity contribution in [3.8, 4) is 5.75 Å². The first-order valence-electron chi connectivity index (χ1n) is 10.4. The molecule has 0 spiro atoms. The van der Waals surface area contributed by atoms with Gasteiger partial charge >= 0.3 is 5.97 Å². The number of halogens is 2. The second-order valence-electron chi connectivity index (χ2n) is 7.68. The molecule has 0 saturated heterocycles. The monoisotopic (exact) mass is 470 g/mol. The van der Waals surface area contributed by atoms with E-state index in [0.717, 1.165) is 22.9 Å². The molecule has 3 aromatic rings. The molecule has 2 N–H and O–H groups in total. The molecule has 178 valence electrons. The number of methoxy groups -OCH3 is 2. The van der Waals surface area contributed by atoms with Crippen molar-refractivity contribution in [2.75, 3.05) is 14.2 Å². The third-order valence-electron chi connectivity index (χ3n) is 5.19. The molecule has 2 amide bonds. The number of nitrogens with one attached hydrogen (secondary N) is 2. The van der Waals surface area contributed by atoms with Gasteiger partial charge in [-0.2, -0.15) is 0 Å². The topological polar surface area (TPSA) is 93.7 Å². The van der Waals surface area contributed by atoms with E-state index in [9.17, 15) is 23.2 Å². The van der Waals surface area contributed by atoms with Gasteiger partial charge in [-0.05, 0) is 59.2 Å². The third-order valence-corrected chi connectivity index (χ3v) is 5.19. The number of benzene rings is 3. The van der Waals surface area contributed by atoms with Crippen LogP contribution >= 0.6 is 0 Å². The smallest absolute Gasteiger partial charge is 0.333 e. The molecule has 0 radical (unpaired) electrons. The lowest BCUT2D eigenvalue weighted by Gasteiger charge is -2.21. The van der Waals surface area contributed by atoms with Gasteiger partial charge in [0, 0.05) is 6.07 Å². The standard InChI is InChI=1S/C25H24F2N2O5/c1-14(28-22(30)10-15-8-19(26)13-20(27)9-15)24(31)29-23(25(32)34-3)18-5-4-17-12-21(33-2)7-6-16(17)11-18/h4-9,11-14,23H,10H2,1-3H3,(H,28,30)(H,29,31)/t14-,23-/m0/s1. The SMILES string of the molecule is COC(=O)[C@@H](NC(=O)[C@H](C)NC(=O)Cc1cc(F)cc(F)c1)c1ccc2cc(OC)ccc2c1. The number of rotatable bonds is 8. The molecule has 0 heterocycles. The van der Waals surface area contributed by atoms with Gasteiger partial charge < -0.3 is 20.1 Å². The molecule has 0 aromatic heterocycles. The lowest BCUT2D eigenvalue weighted by molar-refractivity contribution is -0.145. The highest BCUT2D eigenvalue weighted by molar-refractivity contribution is 5.92. The van der Waals surface area contributed by atoms with E-state index in [4.69, 9.17) is 9.47 Å². The molecule has 0 unspecified atom stereocenters. The third kappa shape index (κ3) is 6.06.